The van der Waals surface area contributed by atoms with Crippen LogP contribution in [0.1, 0.15) is 35.8 Å². The molecule has 1 aliphatic heterocycles. The van der Waals surface area contributed by atoms with Gasteiger partial charge in [0.2, 0.25) is 11.8 Å². The third-order valence-corrected chi connectivity index (χ3v) is 4.78. The van der Waals surface area contributed by atoms with Crippen molar-refractivity contribution in [1.82, 2.24) is 20.2 Å². The van der Waals surface area contributed by atoms with Crippen LogP contribution < -0.4 is 11.1 Å². The summed E-state index contributed by atoms with van der Waals surface area (Å²) < 4.78 is 0. The fourth-order valence-electron chi connectivity index (χ4n) is 3.21. The van der Waals surface area contributed by atoms with Crippen LogP contribution >= 0.6 is 0 Å². The van der Waals surface area contributed by atoms with Crippen LogP contribution in [0, 0.1) is 0 Å². The van der Waals surface area contributed by atoms with Crippen LogP contribution in [0.5, 0.6) is 0 Å². The number of rotatable bonds is 7. The van der Waals surface area contributed by atoms with Crippen LogP contribution in [0.15, 0.2) is 36.5 Å². The normalized spacial score (nSPS) is 14.8. The van der Waals surface area contributed by atoms with E-state index in [1.54, 1.807) is 11.8 Å². The smallest absolute Gasteiger partial charge is 0.252 e. The van der Waals surface area contributed by atoms with Crippen molar-refractivity contribution in [3.05, 3.63) is 47.8 Å². The van der Waals surface area contributed by atoms with Crippen molar-refractivity contribution >= 4 is 17.7 Å². The standard InChI is InChI=1S/C20H23N5O3/c1-13(25-11-5-8-17(25)26)20(28)22-10-9-16-15(18(21)27)12-23-19(24-16)14-6-3-2-4-7-14/h2-4,6-7,12-13H,5,8-11H2,1H3,(H2,21,27)(H,22,28)/t13-/m1/s1. The van der Waals surface area contributed by atoms with Gasteiger partial charge in [0.1, 0.15) is 6.04 Å². The molecular weight excluding hydrogens is 358 g/mol. The molecule has 1 fully saturated rings. The summed E-state index contributed by atoms with van der Waals surface area (Å²) in [5, 5.41) is 2.81. The second-order valence-corrected chi connectivity index (χ2v) is 6.69. The van der Waals surface area contributed by atoms with E-state index in [4.69, 9.17) is 5.73 Å². The molecule has 3 amide bonds. The Morgan fingerprint density at radius 2 is 2.04 bits per heavy atom. The van der Waals surface area contributed by atoms with E-state index in [2.05, 4.69) is 15.3 Å². The molecule has 3 N–H and O–H groups in total. The molecule has 146 valence electrons. The van der Waals surface area contributed by atoms with Crippen molar-refractivity contribution in [2.75, 3.05) is 13.1 Å². The Morgan fingerprint density at radius 3 is 2.68 bits per heavy atom. The minimum Gasteiger partial charge on any atom is -0.365 e. The Kier molecular flexibility index (Phi) is 5.98. The van der Waals surface area contributed by atoms with E-state index in [0.29, 0.717) is 30.9 Å². The molecule has 28 heavy (non-hydrogen) atoms. The first-order valence-electron chi connectivity index (χ1n) is 9.25. The SMILES string of the molecule is C[C@H](C(=O)NCCc1nc(-c2ccccc2)ncc1C(N)=O)N1CCCC1=O. The Labute approximate surface area is 163 Å². The van der Waals surface area contributed by atoms with Crippen LogP contribution in [0.25, 0.3) is 11.4 Å². The molecule has 0 aliphatic carbocycles. The van der Waals surface area contributed by atoms with Crippen LogP contribution in [-0.2, 0) is 16.0 Å². The van der Waals surface area contributed by atoms with Gasteiger partial charge in [0, 0.05) is 37.7 Å². The van der Waals surface area contributed by atoms with Gasteiger partial charge >= 0.3 is 0 Å². The molecule has 3 rings (SSSR count). The van der Waals surface area contributed by atoms with Gasteiger partial charge < -0.3 is 16.0 Å². The Balaban J connectivity index is 1.68. The zero-order chi connectivity index (χ0) is 20.1. The summed E-state index contributed by atoms with van der Waals surface area (Å²) in [6.07, 6.45) is 3.01. The number of carbonyl (C=O) groups is 3. The van der Waals surface area contributed by atoms with Gasteiger partial charge in [-0.05, 0) is 13.3 Å². The molecule has 0 unspecified atom stereocenters. The fourth-order valence-corrected chi connectivity index (χ4v) is 3.21. The van der Waals surface area contributed by atoms with Crippen molar-refractivity contribution in [2.45, 2.75) is 32.2 Å². The number of benzene rings is 1. The summed E-state index contributed by atoms with van der Waals surface area (Å²) in [4.78, 5) is 46.1. The molecule has 1 aromatic heterocycles. The van der Waals surface area contributed by atoms with Gasteiger partial charge in [0.05, 0.1) is 11.3 Å². The van der Waals surface area contributed by atoms with Crippen molar-refractivity contribution in [3.8, 4) is 11.4 Å². The quantitative estimate of drug-likeness (QED) is 0.739. The monoisotopic (exact) mass is 381 g/mol. The molecule has 2 heterocycles. The van der Waals surface area contributed by atoms with Crippen LogP contribution in [0.3, 0.4) is 0 Å². The molecule has 0 bridgehead atoms. The molecule has 1 aliphatic rings. The topological polar surface area (TPSA) is 118 Å². The van der Waals surface area contributed by atoms with Gasteiger partial charge in [-0.2, -0.15) is 0 Å². The number of nitrogens with two attached hydrogens (primary N) is 1. The lowest BCUT2D eigenvalue weighted by Gasteiger charge is -2.23. The molecule has 8 heteroatoms. The molecule has 8 nitrogen and oxygen atoms in total. The van der Waals surface area contributed by atoms with Gasteiger partial charge in [-0.15, -0.1) is 0 Å². The maximum Gasteiger partial charge on any atom is 0.252 e. The summed E-state index contributed by atoms with van der Waals surface area (Å²) in [5.74, 6) is -0.352. The van der Waals surface area contributed by atoms with E-state index < -0.39 is 11.9 Å². The third-order valence-electron chi connectivity index (χ3n) is 4.78. The molecule has 1 atom stereocenters. The van der Waals surface area contributed by atoms with Crippen molar-refractivity contribution in [3.63, 3.8) is 0 Å². The lowest BCUT2D eigenvalue weighted by atomic mass is 10.1. The number of nitrogens with zero attached hydrogens (tertiary/aromatic N) is 3. The van der Waals surface area contributed by atoms with Crippen molar-refractivity contribution < 1.29 is 14.4 Å². The molecule has 0 saturated carbocycles. The number of likely N-dealkylation sites (tertiary alicyclic amines) is 1. The molecule has 1 saturated heterocycles. The second kappa shape index (κ2) is 8.60. The van der Waals surface area contributed by atoms with Crippen LogP contribution in [0.4, 0.5) is 0 Å². The van der Waals surface area contributed by atoms with Crippen molar-refractivity contribution in [1.29, 1.82) is 0 Å². The predicted octanol–water partition coefficient (Wildman–Crippen LogP) is 0.912. The highest BCUT2D eigenvalue weighted by atomic mass is 16.2. The first-order valence-corrected chi connectivity index (χ1v) is 9.25. The summed E-state index contributed by atoms with van der Waals surface area (Å²) in [6, 6.07) is 8.88. The average Bonchev–Trinajstić information content (AvgIpc) is 3.13. The molecule has 0 radical (unpaired) electrons. The lowest BCUT2D eigenvalue weighted by Crippen LogP contribution is -2.46. The number of nitrogens with one attached hydrogen (secondary N) is 1. The first kappa shape index (κ1) is 19.5. The molecule has 0 spiro atoms. The van der Waals surface area contributed by atoms with E-state index in [1.807, 2.05) is 30.3 Å². The summed E-state index contributed by atoms with van der Waals surface area (Å²) in [7, 11) is 0. The molecule has 1 aromatic carbocycles. The number of amides is 3. The highest BCUT2D eigenvalue weighted by molar-refractivity contribution is 5.93. The van der Waals surface area contributed by atoms with E-state index in [9.17, 15) is 14.4 Å². The van der Waals surface area contributed by atoms with Crippen LogP contribution in [-0.4, -0.2) is 51.7 Å². The summed E-state index contributed by atoms with van der Waals surface area (Å²) in [5.41, 5.74) is 6.97. The summed E-state index contributed by atoms with van der Waals surface area (Å²) in [6.45, 7) is 2.59. The molecular formula is C20H23N5O3. The number of primary amides is 1. The predicted molar refractivity (Wildman–Crippen MR) is 103 cm³/mol. The van der Waals surface area contributed by atoms with Crippen molar-refractivity contribution in [2.24, 2.45) is 5.73 Å². The Hall–Kier alpha value is -3.29. The maximum absolute atomic E-state index is 12.3. The fraction of sp³-hybridized carbons (Fsp3) is 0.350. The summed E-state index contributed by atoms with van der Waals surface area (Å²) >= 11 is 0. The van der Waals surface area contributed by atoms with Crippen LogP contribution in [0.2, 0.25) is 0 Å². The van der Waals surface area contributed by atoms with E-state index >= 15 is 0 Å². The van der Waals surface area contributed by atoms with E-state index in [-0.39, 0.29) is 23.9 Å². The van der Waals surface area contributed by atoms with Gasteiger partial charge in [-0.3, -0.25) is 14.4 Å². The van der Waals surface area contributed by atoms with E-state index in [0.717, 1.165) is 12.0 Å². The largest absolute Gasteiger partial charge is 0.365 e. The van der Waals surface area contributed by atoms with Gasteiger partial charge in [0.15, 0.2) is 5.82 Å². The number of aromatic nitrogens is 2. The highest BCUT2D eigenvalue weighted by Crippen LogP contribution is 2.17. The second-order valence-electron chi connectivity index (χ2n) is 6.69. The number of hydrogen-bond donors (Lipinski definition) is 2. The Morgan fingerprint density at radius 1 is 1.29 bits per heavy atom. The zero-order valence-corrected chi connectivity index (χ0v) is 15.7. The number of carbonyl (C=O) groups excluding carboxylic acids is 3. The number of hydrogen-bond acceptors (Lipinski definition) is 5. The zero-order valence-electron chi connectivity index (χ0n) is 15.7. The lowest BCUT2D eigenvalue weighted by molar-refractivity contribution is -0.136. The third kappa shape index (κ3) is 4.33. The average molecular weight is 381 g/mol. The Bertz CT molecular complexity index is 885. The minimum atomic E-state index is -0.614. The van der Waals surface area contributed by atoms with Gasteiger partial charge in [0.25, 0.3) is 5.91 Å². The first-order chi connectivity index (χ1) is 13.5. The highest BCUT2D eigenvalue weighted by Gasteiger charge is 2.29. The van der Waals surface area contributed by atoms with Gasteiger partial charge in [-0.25, -0.2) is 9.97 Å². The van der Waals surface area contributed by atoms with E-state index in [1.165, 1.54) is 6.20 Å². The minimum absolute atomic E-state index is 0.00182. The van der Waals surface area contributed by atoms with Gasteiger partial charge in [-0.1, -0.05) is 30.3 Å². The maximum atomic E-state index is 12.3. The molecule has 2 aromatic rings.